The fourth-order valence-electron chi connectivity index (χ4n) is 2.31. The minimum absolute atomic E-state index is 0.295. The van der Waals surface area contributed by atoms with Crippen molar-refractivity contribution < 1.29 is 5.11 Å². The Morgan fingerprint density at radius 3 is 2.94 bits per heavy atom. The Bertz CT molecular complexity index is 354. The van der Waals surface area contributed by atoms with E-state index in [0.717, 1.165) is 12.1 Å². The lowest BCUT2D eigenvalue weighted by Crippen LogP contribution is -2.33. The number of likely N-dealkylation sites (tertiary alicyclic amines) is 1. The normalized spacial score (nSPS) is 23.5. The van der Waals surface area contributed by atoms with Gasteiger partial charge in [-0.3, -0.25) is 0 Å². The Morgan fingerprint density at radius 1 is 1.50 bits per heavy atom. The predicted octanol–water partition coefficient (Wildman–Crippen LogP) is 1.75. The molecule has 3 nitrogen and oxygen atoms in total. The number of benzene rings is 1. The van der Waals surface area contributed by atoms with Gasteiger partial charge in [-0.15, -0.1) is 0 Å². The molecule has 2 unspecified atom stereocenters. The van der Waals surface area contributed by atoms with Crippen molar-refractivity contribution in [3.8, 4) is 5.75 Å². The van der Waals surface area contributed by atoms with E-state index in [-0.39, 0.29) is 0 Å². The van der Waals surface area contributed by atoms with Crippen LogP contribution in [-0.2, 0) is 0 Å². The second kappa shape index (κ2) is 4.85. The average Bonchev–Trinajstić information content (AvgIpc) is 2.64. The molecule has 2 atom stereocenters. The molecule has 2 N–H and O–H groups in total. The number of hydrogen-bond acceptors (Lipinski definition) is 3. The van der Waals surface area contributed by atoms with Crippen LogP contribution in [0.1, 0.15) is 24.9 Å². The summed E-state index contributed by atoms with van der Waals surface area (Å²) in [6, 6.07) is 8.35. The van der Waals surface area contributed by atoms with E-state index in [4.69, 9.17) is 0 Å². The second-order valence-corrected chi connectivity index (χ2v) is 4.73. The fourth-order valence-corrected chi connectivity index (χ4v) is 2.31. The van der Waals surface area contributed by atoms with Gasteiger partial charge in [0.1, 0.15) is 5.75 Å². The maximum atomic E-state index is 9.43. The van der Waals surface area contributed by atoms with Gasteiger partial charge in [0.05, 0.1) is 0 Å². The molecular formula is C13H20N2O. The molecule has 1 aliphatic rings. The largest absolute Gasteiger partial charge is 0.508 e. The third-order valence-corrected chi connectivity index (χ3v) is 3.25. The zero-order chi connectivity index (χ0) is 11.5. The van der Waals surface area contributed by atoms with Gasteiger partial charge < -0.3 is 15.3 Å². The molecule has 0 spiro atoms. The molecule has 1 saturated heterocycles. The lowest BCUT2D eigenvalue weighted by Gasteiger charge is -2.19. The molecule has 16 heavy (non-hydrogen) atoms. The summed E-state index contributed by atoms with van der Waals surface area (Å²) in [5, 5.41) is 13.0. The molecule has 1 heterocycles. The van der Waals surface area contributed by atoms with Crippen LogP contribution in [0.25, 0.3) is 0 Å². The summed E-state index contributed by atoms with van der Waals surface area (Å²) in [5.74, 6) is 0.342. The van der Waals surface area contributed by atoms with Gasteiger partial charge in [0.25, 0.3) is 0 Å². The second-order valence-electron chi connectivity index (χ2n) is 4.73. The monoisotopic (exact) mass is 220 g/mol. The molecule has 2 rings (SSSR count). The molecule has 0 aromatic heterocycles. The molecule has 0 amide bonds. The maximum Gasteiger partial charge on any atom is 0.115 e. The van der Waals surface area contributed by atoms with Crippen molar-refractivity contribution in [1.82, 2.24) is 10.2 Å². The van der Waals surface area contributed by atoms with Gasteiger partial charge in [0.15, 0.2) is 0 Å². The summed E-state index contributed by atoms with van der Waals surface area (Å²) in [5.41, 5.74) is 1.15. The van der Waals surface area contributed by atoms with Crippen LogP contribution in [0, 0.1) is 0 Å². The Morgan fingerprint density at radius 2 is 2.31 bits per heavy atom. The van der Waals surface area contributed by atoms with Crippen molar-refractivity contribution in [1.29, 1.82) is 0 Å². The molecule has 88 valence electrons. The summed E-state index contributed by atoms with van der Waals surface area (Å²) in [4.78, 5) is 2.34. The highest BCUT2D eigenvalue weighted by atomic mass is 16.3. The highest BCUT2D eigenvalue weighted by Crippen LogP contribution is 2.19. The number of likely N-dealkylation sites (N-methyl/N-ethyl adjacent to an activating group) is 1. The van der Waals surface area contributed by atoms with Gasteiger partial charge in [-0.25, -0.2) is 0 Å². The number of nitrogens with zero attached hydrogens (tertiary/aromatic N) is 1. The van der Waals surface area contributed by atoms with Gasteiger partial charge in [-0.05, 0) is 44.6 Å². The number of rotatable bonds is 3. The van der Waals surface area contributed by atoms with E-state index in [2.05, 4.69) is 30.3 Å². The van der Waals surface area contributed by atoms with Gasteiger partial charge in [-0.1, -0.05) is 12.1 Å². The third kappa shape index (κ3) is 2.74. The predicted molar refractivity (Wildman–Crippen MR) is 65.6 cm³/mol. The molecule has 0 aliphatic carbocycles. The van der Waals surface area contributed by atoms with Crippen LogP contribution in [0.2, 0.25) is 0 Å². The topological polar surface area (TPSA) is 35.5 Å². The van der Waals surface area contributed by atoms with Crippen molar-refractivity contribution in [2.45, 2.75) is 25.4 Å². The number of aromatic hydroxyl groups is 1. The number of phenolic OH excluding ortho intramolecular Hbond substituents is 1. The third-order valence-electron chi connectivity index (χ3n) is 3.25. The molecule has 0 saturated carbocycles. The van der Waals surface area contributed by atoms with E-state index in [1.807, 2.05) is 12.1 Å². The number of nitrogens with one attached hydrogen (secondary N) is 1. The van der Waals surface area contributed by atoms with E-state index >= 15 is 0 Å². The van der Waals surface area contributed by atoms with Crippen molar-refractivity contribution >= 4 is 0 Å². The van der Waals surface area contributed by atoms with Crippen LogP contribution in [0.4, 0.5) is 0 Å². The smallest absolute Gasteiger partial charge is 0.115 e. The van der Waals surface area contributed by atoms with E-state index in [0.29, 0.717) is 17.8 Å². The van der Waals surface area contributed by atoms with Crippen molar-refractivity contribution in [3.05, 3.63) is 29.8 Å². The van der Waals surface area contributed by atoms with Crippen LogP contribution >= 0.6 is 0 Å². The molecular weight excluding hydrogens is 200 g/mol. The minimum atomic E-state index is 0.295. The van der Waals surface area contributed by atoms with E-state index in [1.54, 1.807) is 6.07 Å². The van der Waals surface area contributed by atoms with Gasteiger partial charge in [0, 0.05) is 18.6 Å². The Balaban J connectivity index is 1.95. The molecule has 1 fully saturated rings. The summed E-state index contributed by atoms with van der Waals surface area (Å²) in [7, 11) is 2.15. The van der Waals surface area contributed by atoms with Gasteiger partial charge in [0.2, 0.25) is 0 Å². The van der Waals surface area contributed by atoms with Gasteiger partial charge >= 0.3 is 0 Å². The summed E-state index contributed by atoms with van der Waals surface area (Å²) < 4.78 is 0. The quantitative estimate of drug-likeness (QED) is 0.814. The molecule has 1 aliphatic heterocycles. The first-order chi connectivity index (χ1) is 7.65. The van der Waals surface area contributed by atoms with Crippen LogP contribution in [0.5, 0.6) is 5.75 Å². The van der Waals surface area contributed by atoms with Crippen molar-refractivity contribution in [2.75, 3.05) is 20.1 Å². The first-order valence-corrected chi connectivity index (χ1v) is 5.88. The zero-order valence-corrected chi connectivity index (χ0v) is 9.98. The average molecular weight is 220 g/mol. The standard InChI is InChI=1S/C13H20N2O/c1-10(11-4-3-5-13(16)8-11)14-12-6-7-15(2)9-12/h3-5,8,10,12,14,16H,6-7,9H2,1-2H3. The highest BCUT2D eigenvalue weighted by molar-refractivity contribution is 5.29. The Hall–Kier alpha value is -1.06. The molecule has 0 bridgehead atoms. The summed E-state index contributed by atoms with van der Waals surface area (Å²) >= 11 is 0. The van der Waals surface area contributed by atoms with E-state index in [9.17, 15) is 5.11 Å². The number of phenols is 1. The molecule has 1 aromatic rings. The first-order valence-electron chi connectivity index (χ1n) is 5.88. The van der Waals surface area contributed by atoms with Gasteiger partial charge in [-0.2, -0.15) is 0 Å². The Kier molecular flexibility index (Phi) is 3.46. The van der Waals surface area contributed by atoms with Crippen molar-refractivity contribution in [2.24, 2.45) is 0 Å². The SMILES string of the molecule is CC(NC1CCN(C)C1)c1cccc(O)c1. The van der Waals surface area contributed by atoms with Crippen LogP contribution in [0.15, 0.2) is 24.3 Å². The lowest BCUT2D eigenvalue weighted by molar-refractivity contribution is 0.386. The molecule has 0 radical (unpaired) electrons. The van der Waals surface area contributed by atoms with Crippen LogP contribution < -0.4 is 5.32 Å². The molecule has 1 aromatic carbocycles. The molecule has 3 heteroatoms. The lowest BCUT2D eigenvalue weighted by atomic mass is 10.1. The first kappa shape index (κ1) is 11.4. The Labute approximate surface area is 97.1 Å². The number of hydrogen-bond donors (Lipinski definition) is 2. The summed E-state index contributed by atoms with van der Waals surface area (Å²) in [6.07, 6.45) is 1.21. The van der Waals surface area contributed by atoms with E-state index in [1.165, 1.54) is 13.0 Å². The zero-order valence-electron chi connectivity index (χ0n) is 9.98. The summed E-state index contributed by atoms with van der Waals surface area (Å²) in [6.45, 7) is 4.43. The highest BCUT2D eigenvalue weighted by Gasteiger charge is 2.21. The van der Waals surface area contributed by atoms with Crippen molar-refractivity contribution in [3.63, 3.8) is 0 Å². The van der Waals surface area contributed by atoms with Crippen LogP contribution in [-0.4, -0.2) is 36.2 Å². The fraction of sp³-hybridized carbons (Fsp3) is 0.538. The van der Waals surface area contributed by atoms with E-state index < -0.39 is 0 Å². The minimum Gasteiger partial charge on any atom is -0.508 e. The van der Waals surface area contributed by atoms with Crippen LogP contribution in [0.3, 0.4) is 0 Å². The maximum absolute atomic E-state index is 9.43.